The molecule has 1 aromatic heterocycles. The zero-order chi connectivity index (χ0) is 11.4. The molecule has 0 aliphatic carbocycles. The highest BCUT2D eigenvalue weighted by molar-refractivity contribution is 6.03. The second-order valence-electron chi connectivity index (χ2n) is 3.70. The van der Waals surface area contributed by atoms with E-state index in [1.165, 1.54) is 6.92 Å². The molecule has 15 heavy (non-hydrogen) atoms. The van der Waals surface area contributed by atoms with Crippen LogP contribution in [0.1, 0.15) is 33.2 Å². The normalized spacial score (nSPS) is 10.4. The van der Waals surface area contributed by atoms with Crippen LogP contribution in [0.4, 0.5) is 5.82 Å². The molecule has 0 aliphatic rings. The molecule has 5 nitrogen and oxygen atoms in total. The van der Waals surface area contributed by atoms with Crippen molar-refractivity contribution >= 4 is 17.5 Å². The molecule has 0 spiro atoms. The Morgan fingerprint density at radius 3 is 2.67 bits per heavy atom. The fraction of sp³-hybridized carbons (Fsp3) is 0.500. The first-order valence-electron chi connectivity index (χ1n) is 4.83. The molecular formula is C10H15N3O2. The standard InChI is InChI=1S/C10H15N3O2/c1-7(2)13-5-4-9(12-13)11-10(15)6-8(3)14/h4-5,7H,6H2,1-3H3,(H,11,12,15). The maximum absolute atomic E-state index is 11.2. The molecule has 0 bridgehead atoms. The van der Waals surface area contributed by atoms with Gasteiger partial charge in [0.25, 0.3) is 0 Å². The first kappa shape index (κ1) is 11.4. The number of hydrogen-bond donors (Lipinski definition) is 1. The molecule has 0 fully saturated rings. The molecule has 0 atom stereocenters. The van der Waals surface area contributed by atoms with E-state index in [9.17, 15) is 9.59 Å². The molecule has 1 N–H and O–H groups in total. The van der Waals surface area contributed by atoms with E-state index in [1.54, 1.807) is 16.9 Å². The summed E-state index contributed by atoms with van der Waals surface area (Å²) >= 11 is 0. The third-order valence-corrected chi connectivity index (χ3v) is 1.81. The van der Waals surface area contributed by atoms with E-state index in [2.05, 4.69) is 10.4 Å². The summed E-state index contributed by atoms with van der Waals surface area (Å²) in [6.45, 7) is 5.37. The zero-order valence-electron chi connectivity index (χ0n) is 9.15. The molecule has 0 radical (unpaired) electrons. The van der Waals surface area contributed by atoms with Gasteiger partial charge in [-0.15, -0.1) is 0 Å². The smallest absolute Gasteiger partial charge is 0.233 e. The fourth-order valence-corrected chi connectivity index (χ4v) is 1.11. The average molecular weight is 209 g/mol. The number of rotatable bonds is 4. The number of hydrogen-bond acceptors (Lipinski definition) is 3. The van der Waals surface area contributed by atoms with Crippen molar-refractivity contribution in [3.63, 3.8) is 0 Å². The topological polar surface area (TPSA) is 64.0 Å². The van der Waals surface area contributed by atoms with Crippen molar-refractivity contribution in [2.45, 2.75) is 33.2 Å². The second kappa shape index (κ2) is 4.72. The van der Waals surface area contributed by atoms with Crippen LogP contribution in [0, 0.1) is 0 Å². The van der Waals surface area contributed by atoms with Gasteiger partial charge in [0.05, 0.1) is 6.42 Å². The SMILES string of the molecule is CC(=O)CC(=O)Nc1ccn(C(C)C)n1. The Labute approximate surface area is 88.5 Å². The second-order valence-corrected chi connectivity index (χ2v) is 3.70. The van der Waals surface area contributed by atoms with Gasteiger partial charge in [-0.2, -0.15) is 5.10 Å². The van der Waals surface area contributed by atoms with E-state index in [4.69, 9.17) is 0 Å². The van der Waals surface area contributed by atoms with Gasteiger partial charge in [-0.3, -0.25) is 14.3 Å². The summed E-state index contributed by atoms with van der Waals surface area (Å²) in [6.07, 6.45) is 1.68. The van der Waals surface area contributed by atoms with Crippen molar-refractivity contribution in [3.05, 3.63) is 12.3 Å². The van der Waals surface area contributed by atoms with Gasteiger partial charge >= 0.3 is 0 Å². The molecule has 1 amide bonds. The number of carbonyl (C=O) groups excluding carboxylic acids is 2. The van der Waals surface area contributed by atoms with E-state index in [1.807, 2.05) is 13.8 Å². The van der Waals surface area contributed by atoms with E-state index < -0.39 is 0 Å². The predicted octanol–water partition coefficient (Wildman–Crippen LogP) is 1.38. The molecule has 82 valence electrons. The fourth-order valence-electron chi connectivity index (χ4n) is 1.11. The quantitative estimate of drug-likeness (QED) is 0.762. The Bertz CT molecular complexity index is 368. The molecule has 0 aliphatic heterocycles. The van der Waals surface area contributed by atoms with Gasteiger partial charge in [0.2, 0.25) is 5.91 Å². The first-order chi connectivity index (χ1) is 6.99. The third kappa shape index (κ3) is 3.53. The molecule has 0 unspecified atom stereocenters. The van der Waals surface area contributed by atoms with Crippen molar-refractivity contribution in [1.82, 2.24) is 9.78 Å². The molecule has 5 heteroatoms. The maximum atomic E-state index is 11.2. The van der Waals surface area contributed by atoms with Crippen LogP contribution in [0.15, 0.2) is 12.3 Å². The van der Waals surface area contributed by atoms with Gasteiger partial charge in [0, 0.05) is 18.3 Å². The minimum absolute atomic E-state index is 0.103. The van der Waals surface area contributed by atoms with E-state index >= 15 is 0 Å². The predicted molar refractivity (Wildman–Crippen MR) is 56.5 cm³/mol. The summed E-state index contributed by atoms with van der Waals surface area (Å²) in [5, 5.41) is 6.69. The molecule has 0 saturated carbocycles. The Hall–Kier alpha value is -1.65. The highest BCUT2D eigenvalue weighted by Crippen LogP contribution is 2.08. The maximum Gasteiger partial charge on any atom is 0.233 e. The highest BCUT2D eigenvalue weighted by Gasteiger charge is 2.07. The van der Waals surface area contributed by atoms with Crippen LogP contribution in [-0.2, 0) is 9.59 Å². The van der Waals surface area contributed by atoms with Gasteiger partial charge in [-0.25, -0.2) is 0 Å². The zero-order valence-corrected chi connectivity index (χ0v) is 9.15. The number of amides is 1. The Morgan fingerprint density at radius 2 is 2.20 bits per heavy atom. The lowest BCUT2D eigenvalue weighted by Gasteiger charge is -2.04. The van der Waals surface area contributed by atoms with E-state index in [0.29, 0.717) is 5.82 Å². The molecule has 1 aromatic rings. The molecule has 1 rings (SSSR count). The first-order valence-corrected chi connectivity index (χ1v) is 4.83. The minimum atomic E-state index is -0.323. The van der Waals surface area contributed by atoms with Crippen molar-refractivity contribution in [2.24, 2.45) is 0 Å². The number of Topliss-reactive ketones (excluding diaryl/α,β-unsaturated/α-hetero) is 1. The van der Waals surface area contributed by atoms with Crippen LogP contribution >= 0.6 is 0 Å². The van der Waals surface area contributed by atoms with Crippen molar-refractivity contribution in [3.8, 4) is 0 Å². The van der Waals surface area contributed by atoms with Crippen LogP contribution in [0.5, 0.6) is 0 Å². The lowest BCUT2D eigenvalue weighted by atomic mass is 10.3. The summed E-state index contributed by atoms with van der Waals surface area (Å²) in [5.41, 5.74) is 0. The Balaban J connectivity index is 2.57. The van der Waals surface area contributed by atoms with Gasteiger partial charge in [-0.1, -0.05) is 0 Å². The highest BCUT2D eigenvalue weighted by atomic mass is 16.2. The number of ketones is 1. The summed E-state index contributed by atoms with van der Waals surface area (Å²) in [5.74, 6) is 0.00208. The van der Waals surface area contributed by atoms with Gasteiger partial charge < -0.3 is 5.32 Å². The van der Waals surface area contributed by atoms with Crippen LogP contribution in [0.3, 0.4) is 0 Å². The molecular weight excluding hydrogens is 194 g/mol. The summed E-state index contributed by atoms with van der Waals surface area (Å²) < 4.78 is 1.74. The minimum Gasteiger partial charge on any atom is -0.309 e. The van der Waals surface area contributed by atoms with E-state index in [-0.39, 0.29) is 24.2 Å². The van der Waals surface area contributed by atoms with Crippen LogP contribution in [-0.4, -0.2) is 21.5 Å². The average Bonchev–Trinajstić information content (AvgIpc) is 2.50. The van der Waals surface area contributed by atoms with E-state index in [0.717, 1.165) is 0 Å². The lowest BCUT2D eigenvalue weighted by molar-refractivity contribution is -0.124. The molecule has 1 heterocycles. The van der Waals surface area contributed by atoms with Crippen molar-refractivity contribution in [1.29, 1.82) is 0 Å². The Morgan fingerprint density at radius 1 is 1.53 bits per heavy atom. The molecule has 0 aromatic carbocycles. The van der Waals surface area contributed by atoms with Crippen LogP contribution in [0.2, 0.25) is 0 Å². The van der Waals surface area contributed by atoms with Crippen LogP contribution in [0.25, 0.3) is 0 Å². The number of aromatic nitrogens is 2. The third-order valence-electron chi connectivity index (χ3n) is 1.81. The van der Waals surface area contributed by atoms with Crippen molar-refractivity contribution in [2.75, 3.05) is 5.32 Å². The van der Waals surface area contributed by atoms with Gasteiger partial charge in [0.15, 0.2) is 5.82 Å². The summed E-state index contributed by atoms with van der Waals surface area (Å²) in [6, 6.07) is 1.96. The lowest BCUT2D eigenvalue weighted by Crippen LogP contribution is -2.15. The van der Waals surface area contributed by atoms with Crippen LogP contribution < -0.4 is 5.32 Å². The summed E-state index contributed by atoms with van der Waals surface area (Å²) in [4.78, 5) is 21.9. The molecule has 0 saturated heterocycles. The number of nitrogens with zero attached hydrogens (tertiary/aromatic N) is 2. The monoisotopic (exact) mass is 209 g/mol. The largest absolute Gasteiger partial charge is 0.309 e. The number of anilines is 1. The van der Waals surface area contributed by atoms with Gasteiger partial charge in [0.1, 0.15) is 5.78 Å². The van der Waals surface area contributed by atoms with Crippen molar-refractivity contribution < 1.29 is 9.59 Å². The summed E-state index contributed by atoms with van der Waals surface area (Å²) in [7, 11) is 0. The van der Waals surface area contributed by atoms with Gasteiger partial charge in [-0.05, 0) is 20.8 Å². The number of carbonyl (C=O) groups is 2. The Kier molecular flexibility index (Phi) is 3.60. The number of nitrogens with one attached hydrogen (secondary N) is 1.